The van der Waals surface area contributed by atoms with E-state index in [0.717, 1.165) is 29.0 Å². The van der Waals surface area contributed by atoms with E-state index in [1.54, 1.807) is 17.9 Å². The molecule has 0 unspecified atom stereocenters. The minimum atomic E-state index is -0.135. The first-order valence-electron chi connectivity index (χ1n) is 10.7. The molecule has 1 aliphatic rings. The van der Waals surface area contributed by atoms with Gasteiger partial charge in [0.15, 0.2) is 5.69 Å². The van der Waals surface area contributed by atoms with Gasteiger partial charge in [0.1, 0.15) is 12.4 Å². The monoisotopic (exact) mass is 419 g/mol. The molecule has 162 valence electrons. The van der Waals surface area contributed by atoms with Gasteiger partial charge in [-0.05, 0) is 30.0 Å². The van der Waals surface area contributed by atoms with Crippen LogP contribution in [0.4, 0.5) is 5.69 Å². The van der Waals surface area contributed by atoms with E-state index in [-0.39, 0.29) is 11.9 Å². The summed E-state index contributed by atoms with van der Waals surface area (Å²) in [6, 6.07) is 16.1. The van der Waals surface area contributed by atoms with Gasteiger partial charge in [0.2, 0.25) is 0 Å². The van der Waals surface area contributed by atoms with Gasteiger partial charge in [-0.15, -0.1) is 5.10 Å². The smallest absolute Gasteiger partial charge is 0.276 e. The summed E-state index contributed by atoms with van der Waals surface area (Å²) in [4.78, 5) is 15.4. The summed E-state index contributed by atoms with van der Waals surface area (Å²) in [7, 11) is 1.77. The predicted molar refractivity (Wildman–Crippen MR) is 120 cm³/mol. The van der Waals surface area contributed by atoms with Crippen molar-refractivity contribution in [2.75, 3.05) is 11.9 Å². The molecule has 0 saturated heterocycles. The molecular weight excluding hydrogens is 390 g/mol. The van der Waals surface area contributed by atoms with E-state index in [1.807, 2.05) is 35.2 Å². The molecule has 2 heterocycles. The second kappa shape index (κ2) is 9.20. The normalized spacial score (nSPS) is 16.5. The molecule has 4 rings (SSSR count). The molecule has 0 bridgehead atoms. The highest BCUT2D eigenvalue weighted by Gasteiger charge is 2.29. The molecule has 3 aromatic rings. The Morgan fingerprint density at radius 3 is 2.65 bits per heavy atom. The Balaban J connectivity index is 1.77. The number of hydrogen-bond acceptors (Lipinski definition) is 5. The number of fused-ring (bicyclic) bond motifs is 2. The minimum Gasteiger partial charge on any atom is -0.491 e. The molecule has 2 aromatic carbocycles. The molecule has 1 amide bonds. The molecule has 0 aliphatic carbocycles. The minimum absolute atomic E-state index is 0.103. The number of anilines is 1. The van der Waals surface area contributed by atoms with E-state index >= 15 is 0 Å². The average molecular weight is 420 g/mol. The molecular formula is C24H29N5O2. The topological polar surface area (TPSA) is 72.3 Å². The summed E-state index contributed by atoms with van der Waals surface area (Å²) in [6.45, 7) is 5.87. The van der Waals surface area contributed by atoms with Gasteiger partial charge in [0.05, 0.1) is 12.2 Å². The highest BCUT2D eigenvalue weighted by atomic mass is 16.5. The number of para-hydroxylation sites is 2. The molecule has 7 heteroatoms. The quantitative estimate of drug-likeness (QED) is 0.698. The van der Waals surface area contributed by atoms with Gasteiger partial charge < -0.3 is 15.0 Å². The number of carbonyl (C=O) groups excluding carboxylic acids is 1. The van der Waals surface area contributed by atoms with Crippen molar-refractivity contribution < 1.29 is 9.53 Å². The lowest BCUT2D eigenvalue weighted by Crippen LogP contribution is -2.44. The molecule has 0 spiro atoms. The highest BCUT2D eigenvalue weighted by molar-refractivity contribution is 5.92. The van der Waals surface area contributed by atoms with E-state index in [2.05, 4.69) is 47.7 Å². The van der Waals surface area contributed by atoms with Crippen molar-refractivity contribution in [3.8, 4) is 5.75 Å². The zero-order valence-electron chi connectivity index (χ0n) is 18.3. The van der Waals surface area contributed by atoms with Gasteiger partial charge in [0, 0.05) is 31.4 Å². The van der Waals surface area contributed by atoms with E-state index in [1.165, 1.54) is 0 Å². The van der Waals surface area contributed by atoms with Gasteiger partial charge >= 0.3 is 0 Å². The van der Waals surface area contributed by atoms with E-state index < -0.39 is 0 Å². The van der Waals surface area contributed by atoms with Gasteiger partial charge in [0.25, 0.3) is 5.91 Å². The van der Waals surface area contributed by atoms with Gasteiger partial charge in [-0.1, -0.05) is 55.5 Å². The SMILES string of the molecule is CC(C)C[C@H]1COc2ccccc2CNc2ccccc2CN1C(=O)c1cn(C)nn1. The molecule has 1 atom stereocenters. The van der Waals surface area contributed by atoms with Crippen LogP contribution in [0.5, 0.6) is 5.75 Å². The van der Waals surface area contributed by atoms with Crippen LogP contribution in [0.1, 0.15) is 41.9 Å². The summed E-state index contributed by atoms with van der Waals surface area (Å²) >= 11 is 0. The van der Waals surface area contributed by atoms with Crippen LogP contribution >= 0.6 is 0 Å². The lowest BCUT2D eigenvalue weighted by molar-refractivity contribution is 0.0552. The molecule has 0 saturated carbocycles. The summed E-state index contributed by atoms with van der Waals surface area (Å²) in [5, 5.41) is 11.6. The second-order valence-corrected chi connectivity index (χ2v) is 8.42. The number of hydrogen-bond donors (Lipinski definition) is 1. The summed E-state index contributed by atoms with van der Waals surface area (Å²) in [5.74, 6) is 1.11. The third kappa shape index (κ3) is 4.87. The van der Waals surface area contributed by atoms with Crippen molar-refractivity contribution in [3.05, 3.63) is 71.5 Å². The molecule has 0 radical (unpaired) electrons. The molecule has 1 aromatic heterocycles. The largest absolute Gasteiger partial charge is 0.491 e. The number of aryl methyl sites for hydroxylation is 1. The molecule has 7 nitrogen and oxygen atoms in total. The third-order valence-corrected chi connectivity index (χ3v) is 5.50. The van der Waals surface area contributed by atoms with Crippen LogP contribution in [0, 0.1) is 5.92 Å². The summed E-state index contributed by atoms with van der Waals surface area (Å²) in [6.07, 6.45) is 2.49. The highest BCUT2D eigenvalue weighted by Crippen LogP contribution is 2.27. The van der Waals surface area contributed by atoms with Crippen molar-refractivity contribution in [2.45, 2.75) is 39.4 Å². The lowest BCUT2D eigenvalue weighted by atomic mass is 10.0. The van der Waals surface area contributed by atoms with Crippen LogP contribution in [0.15, 0.2) is 54.7 Å². The summed E-state index contributed by atoms with van der Waals surface area (Å²) < 4.78 is 7.83. The van der Waals surface area contributed by atoms with Crippen molar-refractivity contribution in [3.63, 3.8) is 0 Å². The molecule has 31 heavy (non-hydrogen) atoms. The molecule has 1 N–H and O–H groups in total. The lowest BCUT2D eigenvalue weighted by Gasteiger charge is -2.33. The molecule has 1 aliphatic heterocycles. The first kappa shape index (κ1) is 20.9. The second-order valence-electron chi connectivity index (χ2n) is 8.42. The van der Waals surface area contributed by atoms with Crippen molar-refractivity contribution >= 4 is 11.6 Å². The number of benzene rings is 2. The van der Waals surface area contributed by atoms with Crippen LogP contribution in [-0.2, 0) is 20.1 Å². The van der Waals surface area contributed by atoms with Crippen LogP contribution in [0.25, 0.3) is 0 Å². The van der Waals surface area contributed by atoms with E-state index in [0.29, 0.717) is 31.3 Å². The van der Waals surface area contributed by atoms with Crippen LogP contribution < -0.4 is 10.1 Å². The first-order valence-corrected chi connectivity index (χ1v) is 10.7. The number of ether oxygens (including phenoxy) is 1. The van der Waals surface area contributed by atoms with E-state index in [9.17, 15) is 4.79 Å². The predicted octanol–water partition coefficient (Wildman–Crippen LogP) is 3.88. The van der Waals surface area contributed by atoms with Crippen molar-refractivity contribution in [1.82, 2.24) is 19.9 Å². The third-order valence-electron chi connectivity index (χ3n) is 5.50. The Bertz CT molecular complexity index is 1050. The fraction of sp³-hybridized carbons (Fsp3) is 0.375. The Kier molecular flexibility index (Phi) is 6.21. The Labute approximate surface area is 183 Å². The van der Waals surface area contributed by atoms with Gasteiger partial charge in [-0.3, -0.25) is 9.48 Å². The zero-order chi connectivity index (χ0) is 21.8. The van der Waals surface area contributed by atoms with Gasteiger partial charge in [-0.25, -0.2) is 0 Å². The van der Waals surface area contributed by atoms with Crippen LogP contribution in [-0.4, -0.2) is 38.4 Å². The summed E-state index contributed by atoms with van der Waals surface area (Å²) in [5.41, 5.74) is 3.51. The van der Waals surface area contributed by atoms with Gasteiger partial charge in [-0.2, -0.15) is 0 Å². The zero-order valence-corrected chi connectivity index (χ0v) is 18.3. The average Bonchev–Trinajstić information content (AvgIpc) is 3.19. The maximum absolute atomic E-state index is 13.5. The number of nitrogens with zero attached hydrogens (tertiary/aromatic N) is 4. The van der Waals surface area contributed by atoms with Crippen molar-refractivity contribution in [2.24, 2.45) is 13.0 Å². The van der Waals surface area contributed by atoms with E-state index in [4.69, 9.17) is 4.74 Å². The maximum Gasteiger partial charge on any atom is 0.276 e. The van der Waals surface area contributed by atoms with Crippen LogP contribution in [0.2, 0.25) is 0 Å². The van der Waals surface area contributed by atoms with Crippen molar-refractivity contribution in [1.29, 1.82) is 0 Å². The number of rotatable bonds is 3. The fourth-order valence-electron chi connectivity index (χ4n) is 3.97. The standard InChI is InChI=1S/C24H29N5O2/c1-17(2)12-20-16-31-23-11-7-5-8-18(23)13-25-21-10-6-4-9-19(21)14-29(20)24(30)22-15-28(3)27-26-22/h4-11,15,17,20,25H,12-14,16H2,1-3H3/t20-/m0/s1. The Hall–Kier alpha value is -3.35. The molecule has 0 fully saturated rings. The maximum atomic E-state index is 13.5. The Morgan fingerprint density at radius 1 is 1.16 bits per heavy atom. The first-order chi connectivity index (χ1) is 15.0. The van der Waals surface area contributed by atoms with Crippen LogP contribution in [0.3, 0.4) is 0 Å². The number of carbonyl (C=O) groups is 1. The number of aromatic nitrogens is 3. The fourth-order valence-corrected chi connectivity index (χ4v) is 3.97. The Morgan fingerprint density at radius 2 is 1.90 bits per heavy atom. The number of nitrogens with one attached hydrogen (secondary N) is 1. The number of amides is 1.